The number of tetrazole rings is 1. The normalized spacial score (nSPS) is 11.4. The number of rotatable bonds is 35. The summed E-state index contributed by atoms with van der Waals surface area (Å²) >= 11 is 0. The molecule has 0 aliphatic heterocycles. The summed E-state index contributed by atoms with van der Waals surface area (Å²) in [7, 11) is -3.64. The highest BCUT2D eigenvalue weighted by atomic mass is 32.2. The Kier molecular flexibility index (Phi) is 25.2. The van der Waals surface area contributed by atoms with Crippen molar-refractivity contribution in [1.29, 1.82) is 0 Å². The van der Waals surface area contributed by atoms with Crippen LogP contribution in [0.2, 0.25) is 0 Å². The summed E-state index contributed by atoms with van der Waals surface area (Å²) in [5.41, 5.74) is 0.659. The molecule has 0 aliphatic carbocycles. The number of benzene rings is 1. The smallest absolute Gasteiger partial charge is 0.493 e. The highest BCUT2D eigenvalue weighted by molar-refractivity contribution is 7.92. The van der Waals surface area contributed by atoms with E-state index in [2.05, 4.69) is 50.0 Å². The first-order valence-electron chi connectivity index (χ1n) is 22.4. The van der Waals surface area contributed by atoms with Gasteiger partial charge in [-0.2, -0.15) is 18.1 Å². The second-order valence-corrected chi connectivity index (χ2v) is 16.4. The lowest BCUT2D eigenvalue weighted by Gasteiger charge is -2.26. The zero-order valence-corrected chi connectivity index (χ0v) is 42.0. The molecule has 0 amide bonds. The highest BCUT2D eigenvalue weighted by Gasteiger charge is 2.35. The molecule has 4 heterocycles. The zero-order valence-electron chi connectivity index (χ0n) is 41.2. The molecule has 0 atom stereocenters. The van der Waals surface area contributed by atoms with Crippen LogP contribution in [0.5, 0.6) is 23.1 Å². The Balaban J connectivity index is 1.54. The predicted octanol–water partition coefficient (Wildman–Crippen LogP) is 1.88. The van der Waals surface area contributed by atoms with Crippen molar-refractivity contribution in [2.45, 2.75) is 31.5 Å². The Labute approximate surface area is 440 Å². The van der Waals surface area contributed by atoms with Gasteiger partial charge in [0.25, 0.3) is 15.9 Å². The molecule has 0 unspecified atom stereocenters. The van der Waals surface area contributed by atoms with Gasteiger partial charge in [-0.1, -0.05) is 18.2 Å². The van der Waals surface area contributed by atoms with Crippen LogP contribution < -0.4 is 18.5 Å². The molecule has 0 fully saturated rings. The molecule has 6 N–H and O–H groups in total. The lowest BCUT2D eigenvalue weighted by Crippen LogP contribution is -2.36. The lowest BCUT2D eigenvalue weighted by molar-refractivity contribution is -0.493. The number of methoxy groups -OCH3 is 1. The van der Waals surface area contributed by atoms with Crippen LogP contribution in [0.15, 0.2) is 66.0 Å². The highest BCUT2D eigenvalue weighted by Crippen LogP contribution is 2.44. The summed E-state index contributed by atoms with van der Waals surface area (Å²) in [5.74, 6) is -2.76. The maximum Gasteiger partial charge on any atom is 0.510 e. The van der Waals surface area contributed by atoms with Gasteiger partial charge in [0.05, 0.1) is 69.5 Å². The third kappa shape index (κ3) is 20.3. The molecular formula is C41H52N12O24S. The van der Waals surface area contributed by atoms with Crippen molar-refractivity contribution in [3.8, 4) is 46.0 Å². The van der Waals surface area contributed by atoms with E-state index in [9.17, 15) is 22.8 Å². The van der Waals surface area contributed by atoms with E-state index in [0.717, 1.165) is 4.68 Å². The maximum atomic E-state index is 14.9. The van der Waals surface area contributed by atoms with Crippen molar-refractivity contribution in [3.05, 3.63) is 66.5 Å². The van der Waals surface area contributed by atoms with Gasteiger partial charge in [0, 0.05) is 24.4 Å². The number of para-hydroxylation sites is 2. The van der Waals surface area contributed by atoms with Crippen molar-refractivity contribution in [1.82, 2.24) is 56.3 Å². The fourth-order valence-electron chi connectivity index (χ4n) is 5.81. The predicted molar refractivity (Wildman–Crippen MR) is 245 cm³/mol. The molecule has 426 valence electrons. The molecule has 4 aromatic heterocycles. The second kappa shape index (κ2) is 32.1. The number of hydrogen-bond acceptors (Lipinski definition) is 34. The van der Waals surface area contributed by atoms with Gasteiger partial charge in [-0.05, 0) is 59.7 Å². The summed E-state index contributed by atoms with van der Waals surface area (Å²) in [4.78, 5) is 68.9. The second-order valence-electron chi connectivity index (χ2n) is 14.6. The topological polar surface area (TPSA) is 435 Å². The molecular weight excluding hydrogens is 1080 g/mol. The van der Waals surface area contributed by atoms with Crippen LogP contribution in [0.25, 0.3) is 22.9 Å². The van der Waals surface area contributed by atoms with Crippen LogP contribution in [0.4, 0.5) is 15.4 Å². The standard InChI is InChI=1S/C41H52N12O24S/c1-28-9-10-33(43-25-28)78(63,64)50(27-73-41(56)71-19-15-67-17-23-76-53(61)62)38-35(77-32-7-4-3-6-31(32)65-2)39(69-21-20-68-34(54)8-5-13-74-51(57)58)45-36(44-38)29-11-12-42-30(24-29)37-46-47-48-49(37)26-72-40(55)70-18-14-66-16-22-75-52(59)60/h3-4,6-7,9-12,24-25,57-62H,5,8,13-23,26-27H2,1-2H3. The van der Waals surface area contributed by atoms with E-state index >= 15 is 0 Å². The number of anilines is 1. The molecule has 5 aromatic rings. The lowest BCUT2D eigenvalue weighted by atomic mass is 10.2. The number of aryl methyl sites for hydroxylation is 1. The van der Waals surface area contributed by atoms with E-state index in [0.29, 0.717) is 9.87 Å². The third-order valence-electron chi connectivity index (χ3n) is 9.24. The number of hydrogen-bond donors (Lipinski definition) is 6. The van der Waals surface area contributed by atoms with Crippen LogP contribution in [0.3, 0.4) is 0 Å². The van der Waals surface area contributed by atoms with Gasteiger partial charge in [-0.25, -0.2) is 33.5 Å². The summed E-state index contributed by atoms with van der Waals surface area (Å²) in [5, 5.41) is 61.4. The van der Waals surface area contributed by atoms with Gasteiger partial charge in [0.2, 0.25) is 11.6 Å². The first-order valence-corrected chi connectivity index (χ1v) is 23.9. The van der Waals surface area contributed by atoms with Gasteiger partial charge in [-0.15, -0.1) is 5.10 Å². The number of sulfonamides is 1. The van der Waals surface area contributed by atoms with Crippen molar-refractivity contribution < 1.29 is 116 Å². The number of nitrogens with zero attached hydrogens (tertiary/aromatic N) is 12. The first-order chi connectivity index (χ1) is 37.5. The first kappa shape index (κ1) is 61.1. The Morgan fingerprint density at radius 3 is 1.99 bits per heavy atom. The average molecular weight is 1130 g/mol. The molecule has 0 saturated carbocycles. The molecule has 0 spiro atoms. The minimum absolute atomic E-state index is 0.0130. The number of carbonyl (C=O) groups excluding carboxylic acids is 3. The average Bonchev–Trinajstić information content (AvgIpc) is 3.94. The van der Waals surface area contributed by atoms with Crippen molar-refractivity contribution in [3.63, 3.8) is 0 Å². The van der Waals surface area contributed by atoms with Crippen molar-refractivity contribution in [2.75, 3.05) is 90.8 Å². The molecule has 78 heavy (non-hydrogen) atoms. The van der Waals surface area contributed by atoms with Crippen LogP contribution in [0.1, 0.15) is 18.4 Å². The monoisotopic (exact) mass is 1130 g/mol. The maximum absolute atomic E-state index is 14.9. The van der Waals surface area contributed by atoms with E-state index in [-0.39, 0.29) is 100 Å². The van der Waals surface area contributed by atoms with Crippen LogP contribution in [-0.4, -0.2) is 201 Å². The van der Waals surface area contributed by atoms with Gasteiger partial charge < -0.3 is 47.4 Å². The summed E-state index contributed by atoms with van der Waals surface area (Å²) in [6.07, 6.45) is -0.192. The Hall–Kier alpha value is -7.73. The van der Waals surface area contributed by atoms with E-state index in [1.54, 1.807) is 19.1 Å². The van der Waals surface area contributed by atoms with Crippen LogP contribution >= 0.6 is 0 Å². The van der Waals surface area contributed by atoms with E-state index < -0.39 is 100 Å². The van der Waals surface area contributed by atoms with Gasteiger partial charge >= 0.3 is 18.3 Å². The number of pyridine rings is 2. The van der Waals surface area contributed by atoms with Gasteiger partial charge in [0.15, 0.2) is 41.6 Å². The number of aromatic nitrogens is 8. The van der Waals surface area contributed by atoms with Crippen LogP contribution in [-0.2, 0) is 69.2 Å². The Morgan fingerprint density at radius 1 is 0.692 bits per heavy atom. The summed E-state index contributed by atoms with van der Waals surface area (Å²) < 4.78 is 85.4. The molecule has 0 radical (unpaired) electrons. The Bertz CT molecular complexity index is 2760. The SMILES string of the molecule is COc1ccccc1Oc1c(OCCOC(=O)CCCON(O)O)nc(-c2ccnc(-c3nnnn3COC(=O)OCCOCCON(O)O)c2)nc1N(COC(=O)OCCOCCON(O)O)S(=O)(=O)c1ccc(C)cn1. The van der Waals surface area contributed by atoms with Crippen molar-refractivity contribution in [2.24, 2.45) is 0 Å². The molecule has 1 aromatic carbocycles. The molecule has 0 saturated heterocycles. The van der Waals surface area contributed by atoms with E-state index in [1.807, 2.05) is 0 Å². The summed E-state index contributed by atoms with van der Waals surface area (Å²) in [6, 6.07) is 11.5. The van der Waals surface area contributed by atoms with E-state index in [4.69, 9.17) is 78.6 Å². The fraction of sp³-hybridized carbons (Fsp3) is 0.415. The third-order valence-corrected chi connectivity index (χ3v) is 10.9. The van der Waals surface area contributed by atoms with E-state index in [1.165, 1.54) is 55.9 Å². The fourth-order valence-corrected chi connectivity index (χ4v) is 7.01. The van der Waals surface area contributed by atoms with Gasteiger partial charge in [0.1, 0.15) is 32.1 Å². The molecule has 0 aliphatic rings. The Morgan fingerprint density at radius 2 is 1.33 bits per heavy atom. The zero-order chi connectivity index (χ0) is 56.3. The van der Waals surface area contributed by atoms with Gasteiger partial charge in [-0.3, -0.25) is 45.9 Å². The molecule has 0 bridgehead atoms. The van der Waals surface area contributed by atoms with Crippen molar-refractivity contribution >= 4 is 34.1 Å². The minimum atomic E-state index is -4.97. The quantitative estimate of drug-likeness (QED) is 0.0111. The number of carbonyl (C=O) groups is 3. The summed E-state index contributed by atoms with van der Waals surface area (Å²) in [6.45, 7) is -3.05. The molecule has 37 heteroatoms. The number of esters is 1. The number of ether oxygens (including phenoxy) is 10. The largest absolute Gasteiger partial charge is 0.510 e. The molecule has 5 rings (SSSR count). The molecule has 36 nitrogen and oxygen atoms in total. The minimum Gasteiger partial charge on any atom is -0.493 e. The van der Waals surface area contributed by atoms with Crippen LogP contribution in [0, 0.1) is 6.92 Å².